The maximum Gasteiger partial charge on any atom is 0.260 e. The summed E-state index contributed by atoms with van der Waals surface area (Å²) in [7, 11) is 1.63. The van der Waals surface area contributed by atoms with E-state index in [1.165, 1.54) is 6.42 Å². The average Bonchev–Trinajstić information content (AvgIpc) is 3.13. The molecule has 134 valence electrons. The fourth-order valence-electron chi connectivity index (χ4n) is 2.97. The van der Waals surface area contributed by atoms with Gasteiger partial charge < -0.3 is 19.7 Å². The number of benzene rings is 1. The van der Waals surface area contributed by atoms with Gasteiger partial charge in [-0.3, -0.25) is 4.79 Å². The van der Waals surface area contributed by atoms with Crippen molar-refractivity contribution in [2.75, 3.05) is 26.8 Å². The summed E-state index contributed by atoms with van der Waals surface area (Å²) in [5.74, 6) is 1.34. The van der Waals surface area contributed by atoms with Gasteiger partial charge in [-0.1, -0.05) is 19.4 Å². The van der Waals surface area contributed by atoms with E-state index in [9.17, 15) is 4.79 Å². The van der Waals surface area contributed by atoms with Crippen LogP contribution in [0.25, 0.3) is 0 Å². The minimum atomic E-state index is 0.0497. The van der Waals surface area contributed by atoms with Crippen molar-refractivity contribution >= 4 is 5.91 Å². The van der Waals surface area contributed by atoms with E-state index < -0.39 is 0 Å². The zero-order valence-electron chi connectivity index (χ0n) is 15.1. The molecule has 0 aromatic heterocycles. The summed E-state index contributed by atoms with van der Waals surface area (Å²) in [6.45, 7) is 6.95. The van der Waals surface area contributed by atoms with E-state index in [-0.39, 0.29) is 12.5 Å². The highest BCUT2D eigenvalue weighted by Gasteiger charge is 2.18. The standard InChI is InChI=1S/C19H30N2O3/c1-4-7-15(2)20-13-16-8-9-17(18(12-16)23-3)24-14-19(22)21-10-5-6-11-21/h8-9,12,15,20H,4-7,10-11,13-14H2,1-3H3/t15-/m0/s1. The molecule has 2 rings (SSSR count). The lowest BCUT2D eigenvalue weighted by Crippen LogP contribution is -2.32. The minimum absolute atomic E-state index is 0.0497. The predicted molar refractivity (Wildman–Crippen MR) is 95.5 cm³/mol. The fraction of sp³-hybridized carbons (Fsp3) is 0.632. The van der Waals surface area contributed by atoms with Crippen LogP contribution < -0.4 is 14.8 Å². The number of nitrogens with one attached hydrogen (secondary N) is 1. The Morgan fingerprint density at radius 3 is 2.71 bits per heavy atom. The van der Waals surface area contributed by atoms with Gasteiger partial charge in [-0.15, -0.1) is 0 Å². The lowest BCUT2D eigenvalue weighted by atomic mass is 10.1. The van der Waals surface area contributed by atoms with Crippen molar-refractivity contribution < 1.29 is 14.3 Å². The first-order valence-corrected chi connectivity index (χ1v) is 8.95. The van der Waals surface area contributed by atoms with Crippen molar-refractivity contribution in [3.63, 3.8) is 0 Å². The second-order valence-electron chi connectivity index (χ2n) is 6.43. The molecule has 1 aliphatic heterocycles. The zero-order chi connectivity index (χ0) is 17.4. The first kappa shape index (κ1) is 18.6. The maximum absolute atomic E-state index is 12.1. The molecule has 0 unspecified atom stereocenters. The number of methoxy groups -OCH3 is 1. The number of hydrogen-bond acceptors (Lipinski definition) is 4. The summed E-state index contributed by atoms with van der Waals surface area (Å²) in [5, 5.41) is 3.50. The average molecular weight is 334 g/mol. The van der Waals surface area contributed by atoms with Gasteiger partial charge in [0.2, 0.25) is 0 Å². The van der Waals surface area contributed by atoms with Crippen molar-refractivity contribution in [1.82, 2.24) is 10.2 Å². The van der Waals surface area contributed by atoms with E-state index in [4.69, 9.17) is 9.47 Å². The summed E-state index contributed by atoms with van der Waals surface area (Å²) in [6, 6.07) is 6.37. The van der Waals surface area contributed by atoms with Crippen LogP contribution in [0.4, 0.5) is 0 Å². The molecule has 0 saturated carbocycles. The van der Waals surface area contributed by atoms with Crippen molar-refractivity contribution in [2.45, 2.75) is 52.1 Å². The number of carbonyl (C=O) groups is 1. The Balaban J connectivity index is 1.89. The van der Waals surface area contributed by atoms with Gasteiger partial charge in [-0.25, -0.2) is 0 Å². The Morgan fingerprint density at radius 2 is 2.04 bits per heavy atom. The quantitative estimate of drug-likeness (QED) is 0.754. The van der Waals surface area contributed by atoms with E-state index in [0.717, 1.165) is 44.5 Å². The summed E-state index contributed by atoms with van der Waals surface area (Å²) < 4.78 is 11.1. The lowest BCUT2D eigenvalue weighted by Gasteiger charge is -2.17. The van der Waals surface area contributed by atoms with E-state index in [1.54, 1.807) is 7.11 Å². The summed E-state index contributed by atoms with van der Waals surface area (Å²) >= 11 is 0. The second kappa shape index (κ2) is 9.52. The number of amides is 1. The number of nitrogens with zero attached hydrogens (tertiary/aromatic N) is 1. The van der Waals surface area contributed by atoms with Crippen LogP contribution in [0.5, 0.6) is 11.5 Å². The van der Waals surface area contributed by atoms with Crippen LogP contribution in [0.3, 0.4) is 0 Å². The van der Waals surface area contributed by atoms with E-state index in [1.807, 2.05) is 23.1 Å². The Hall–Kier alpha value is -1.75. The Morgan fingerprint density at radius 1 is 1.29 bits per heavy atom. The monoisotopic (exact) mass is 334 g/mol. The molecule has 0 aliphatic carbocycles. The molecule has 0 spiro atoms. The van der Waals surface area contributed by atoms with Gasteiger partial charge in [0, 0.05) is 25.7 Å². The Labute approximate surface area is 145 Å². The molecular formula is C19H30N2O3. The first-order valence-electron chi connectivity index (χ1n) is 8.95. The van der Waals surface area contributed by atoms with Crippen LogP contribution in [0.2, 0.25) is 0 Å². The number of carbonyl (C=O) groups excluding carboxylic acids is 1. The van der Waals surface area contributed by atoms with E-state index in [2.05, 4.69) is 19.2 Å². The topological polar surface area (TPSA) is 50.8 Å². The van der Waals surface area contributed by atoms with Gasteiger partial charge in [-0.2, -0.15) is 0 Å². The molecule has 1 aromatic carbocycles. The van der Waals surface area contributed by atoms with Crippen LogP contribution in [-0.2, 0) is 11.3 Å². The van der Waals surface area contributed by atoms with Gasteiger partial charge in [-0.05, 0) is 43.9 Å². The van der Waals surface area contributed by atoms with Crippen molar-refractivity contribution in [3.8, 4) is 11.5 Å². The van der Waals surface area contributed by atoms with Crippen LogP contribution in [0, 0.1) is 0 Å². The molecule has 1 amide bonds. The highest BCUT2D eigenvalue weighted by atomic mass is 16.5. The molecule has 24 heavy (non-hydrogen) atoms. The van der Waals surface area contributed by atoms with Crippen LogP contribution >= 0.6 is 0 Å². The minimum Gasteiger partial charge on any atom is -0.493 e. The maximum atomic E-state index is 12.1. The molecule has 1 aliphatic rings. The van der Waals surface area contributed by atoms with Crippen molar-refractivity contribution in [1.29, 1.82) is 0 Å². The van der Waals surface area contributed by atoms with Gasteiger partial charge in [0.25, 0.3) is 5.91 Å². The Bertz CT molecular complexity index is 527. The second-order valence-corrected chi connectivity index (χ2v) is 6.43. The molecule has 1 atom stereocenters. The highest BCUT2D eigenvalue weighted by Crippen LogP contribution is 2.28. The molecule has 1 fully saturated rings. The van der Waals surface area contributed by atoms with Crippen molar-refractivity contribution in [2.24, 2.45) is 0 Å². The molecule has 0 radical (unpaired) electrons. The SMILES string of the molecule is CCC[C@H](C)NCc1ccc(OCC(=O)N2CCCC2)c(OC)c1. The lowest BCUT2D eigenvalue weighted by molar-refractivity contribution is -0.132. The molecule has 0 bridgehead atoms. The first-order chi connectivity index (χ1) is 11.6. The third-order valence-corrected chi connectivity index (χ3v) is 4.41. The summed E-state index contributed by atoms with van der Waals surface area (Å²) in [6.07, 6.45) is 4.52. The summed E-state index contributed by atoms with van der Waals surface area (Å²) in [5.41, 5.74) is 1.15. The Kier molecular flexibility index (Phi) is 7.37. The summed E-state index contributed by atoms with van der Waals surface area (Å²) in [4.78, 5) is 13.9. The van der Waals surface area contributed by atoms with Crippen LogP contribution in [-0.4, -0.2) is 43.7 Å². The van der Waals surface area contributed by atoms with Gasteiger partial charge in [0.1, 0.15) is 0 Å². The smallest absolute Gasteiger partial charge is 0.260 e. The third kappa shape index (κ3) is 5.41. The van der Waals surface area contributed by atoms with E-state index >= 15 is 0 Å². The fourth-order valence-corrected chi connectivity index (χ4v) is 2.97. The number of ether oxygens (including phenoxy) is 2. The third-order valence-electron chi connectivity index (χ3n) is 4.41. The normalized spacial score (nSPS) is 15.4. The van der Waals surface area contributed by atoms with Gasteiger partial charge >= 0.3 is 0 Å². The number of hydrogen-bond donors (Lipinski definition) is 1. The number of likely N-dealkylation sites (tertiary alicyclic amines) is 1. The van der Waals surface area contributed by atoms with Crippen molar-refractivity contribution in [3.05, 3.63) is 23.8 Å². The van der Waals surface area contributed by atoms with E-state index in [0.29, 0.717) is 17.5 Å². The molecular weight excluding hydrogens is 304 g/mol. The zero-order valence-corrected chi connectivity index (χ0v) is 15.1. The highest BCUT2D eigenvalue weighted by molar-refractivity contribution is 5.78. The molecule has 1 saturated heterocycles. The largest absolute Gasteiger partial charge is 0.493 e. The number of rotatable bonds is 9. The molecule has 1 heterocycles. The molecule has 5 nitrogen and oxygen atoms in total. The van der Waals surface area contributed by atoms with Crippen LogP contribution in [0.1, 0.15) is 45.1 Å². The molecule has 1 aromatic rings. The van der Waals surface area contributed by atoms with Gasteiger partial charge in [0.05, 0.1) is 7.11 Å². The predicted octanol–water partition coefficient (Wildman–Crippen LogP) is 2.97. The molecule has 1 N–H and O–H groups in total. The van der Waals surface area contributed by atoms with Gasteiger partial charge in [0.15, 0.2) is 18.1 Å². The van der Waals surface area contributed by atoms with Crippen LogP contribution in [0.15, 0.2) is 18.2 Å². The molecule has 5 heteroatoms.